The van der Waals surface area contributed by atoms with Crippen LogP contribution in [0.15, 0.2) is 10.2 Å². The second-order valence-corrected chi connectivity index (χ2v) is 0.765. The second kappa shape index (κ2) is 6.23. The van der Waals surface area contributed by atoms with Gasteiger partial charge in [-0.1, -0.05) is 10.2 Å². The Morgan fingerprint density at radius 1 is 1.00 bits per heavy atom. The number of hydrogen-bond donors (Lipinski definition) is 2. The van der Waals surface area contributed by atoms with E-state index in [4.69, 9.17) is 10.2 Å². The van der Waals surface area contributed by atoms with Gasteiger partial charge in [0.15, 0.2) is 0 Å². The van der Waals surface area contributed by atoms with Crippen LogP contribution in [0.3, 0.4) is 0 Å². The van der Waals surface area contributed by atoms with Crippen molar-refractivity contribution in [1.29, 1.82) is 0 Å². The number of rotatable bonds is 0. The SMILES string of the molecule is O=C(O)/N=N/C(=O)O.[BaH2]. The number of nitrogens with zero attached hydrogens (tertiary/aromatic N) is 2. The average molecular weight is 257 g/mol. The van der Waals surface area contributed by atoms with Gasteiger partial charge < -0.3 is 10.2 Å². The summed E-state index contributed by atoms with van der Waals surface area (Å²) in [4.78, 5) is 18.8. The fraction of sp³-hybridized carbons (Fsp3) is 0. The zero-order valence-corrected chi connectivity index (χ0v) is 3.61. The number of hydrogen-bond acceptors (Lipinski definition) is 2. The van der Waals surface area contributed by atoms with Crippen LogP contribution in [0.2, 0.25) is 0 Å². The molecule has 0 saturated carbocycles. The van der Waals surface area contributed by atoms with E-state index < -0.39 is 12.2 Å². The fourth-order valence-corrected chi connectivity index (χ4v) is 0.0855. The van der Waals surface area contributed by atoms with Crippen molar-refractivity contribution < 1.29 is 19.8 Å². The molecule has 2 N–H and O–H groups in total. The molecule has 9 heavy (non-hydrogen) atoms. The van der Waals surface area contributed by atoms with Gasteiger partial charge in [0.05, 0.1) is 0 Å². The normalized spacial score (nSPS) is 8.44. The third-order valence-electron chi connectivity index (χ3n) is 0.221. The first-order valence-electron chi connectivity index (χ1n) is 1.50. The minimum atomic E-state index is -1.62. The van der Waals surface area contributed by atoms with E-state index in [0.29, 0.717) is 0 Å². The summed E-state index contributed by atoms with van der Waals surface area (Å²) in [5.41, 5.74) is 0. The molecule has 48 valence electrons. The molecule has 0 aliphatic carbocycles. The maximum absolute atomic E-state index is 9.38. The van der Waals surface area contributed by atoms with Crippen LogP contribution < -0.4 is 0 Å². The molecule has 7 heteroatoms. The molecule has 0 aromatic carbocycles. The molecule has 6 nitrogen and oxygen atoms in total. The topological polar surface area (TPSA) is 99.3 Å². The summed E-state index contributed by atoms with van der Waals surface area (Å²) in [6, 6.07) is 0. The summed E-state index contributed by atoms with van der Waals surface area (Å²) in [5, 5.41) is 19.8. The molecule has 2 amide bonds. The average Bonchev–Trinajstić information content (AvgIpc) is 1.61. The molecule has 0 rings (SSSR count). The maximum atomic E-state index is 9.38. The van der Waals surface area contributed by atoms with E-state index in [0.717, 1.165) is 0 Å². The van der Waals surface area contributed by atoms with Crippen molar-refractivity contribution >= 4 is 61.1 Å². The number of carboxylic acid groups (broad SMARTS) is 2. The van der Waals surface area contributed by atoms with Crippen LogP contribution in [0.1, 0.15) is 0 Å². The summed E-state index contributed by atoms with van der Waals surface area (Å²) in [6.07, 6.45) is -3.24. The molecular formula is C2H4BaN2O4. The minimum absolute atomic E-state index is 0. The van der Waals surface area contributed by atoms with Crippen LogP contribution in [0.25, 0.3) is 0 Å². The van der Waals surface area contributed by atoms with E-state index in [1.165, 1.54) is 0 Å². The van der Waals surface area contributed by atoms with Gasteiger partial charge in [-0.25, -0.2) is 9.59 Å². The van der Waals surface area contributed by atoms with Gasteiger partial charge in [0.25, 0.3) is 0 Å². The Balaban J connectivity index is 0. The Hall–Kier alpha value is 0.111. The van der Waals surface area contributed by atoms with Crippen LogP contribution in [-0.2, 0) is 0 Å². The molecule has 0 saturated heterocycles. The van der Waals surface area contributed by atoms with Crippen molar-refractivity contribution in [2.75, 3.05) is 0 Å². The first-order valence-corrected chi connectivity index (χ1v) is 1.50. The standard InChI is InChI=1S/C2H2N2O4.Ba.2H/c5-1(6)3-4-2(7)8;;;/h(H,5,6)(H,7,8);;;/b4-3+;;;. The van der Waals surface area contributed by atoms with Crippen LogP contribution in [0.4, 0.5) is 9.59 Å². The molecule has 0 radical (unpaired) electrons. The number of amides is 2. The predicted octanol–water partition coefficient (Wildman–Crippen LogP) is -0.122. The van der Waals surface area contributed by atoms with Gasteiger partial charge in [-0.2, -0.15) is 0 Å². The van der Waals surface area contributed by atoms with Crippen molar-refractivity contribution in [3.05, 3.63) is 0 Å². The molecule has 0 spiro atoms. The Morgan fingerprint density at radius 3 is 1.33 bits per heavy atom. The van der Waals surface area contributed by atoms with Gasteiger partial charge in [0.2, 0.25) is 0 Å². The van der Waals surface area contributed by atoms with Crippen molar-refractivity contribution in [3.8, 4) is 0 Å². The van der Waals surface area contributed by atoms with Crippen LogP contribution >= 0.6 is 0 Å². The van der Waals surface area contributed by atoms with E-state index >= 15 is 0 Å². The van der Waals surface area contributed by atoms with Crippen molar-refractivity contribution in [2.45, 2.75) is 0 Å². The summed E-state index contributed by atoms with van der Waals surface area (Å²) >= 11 is 0. The molecule has 0 aromatic rings. The van der Waals surface area contributed by atoms with Crippen molar-refractivity contribution in [2.24, 2.45) is 10.2 Å². The van der Waals surface area contributed by atoms with Gasteiger partial charge >= 0.3 is 61.1 Å². The third-order valence-corrected chi connectivity index (χ3v) is 0.221. The molecule has 0 unspecified atom stereocenters. The summed E-state index contributed by atoms with van der Waals surface area (Å²) in [6.45, 7) is 0. The van der Waals surface area contributed by atoms with Gasteiger partial charge in [-0.3, -0.25) is 0 Å². The van der Waals surface area contributed by atoms with Gasteiger partial charge in [0, 0.05) is 0 Å². The Morgan fingerprint density at radius 2 is 1.22 bits per heavy atom. The number of carbonyl (C=O) groups is 2. The molecule has 0 heterocycles. The van der Waals surface area contributed by atoms with E-state index in [1.807, 2.05) is 0 Å². The first kappa shape index (κ1) is 11.9. The van der Waals surface area contributed by atoms with E-state index in [2.05, 4.69) is 10.2 Å². The van der Waals surface area contributed by atoms with Gasteiger partial charge in [-0.05, 0) is 0 Å². The van der Waals surface area contributed by atoms with Crippen LogP contribution in [0.5, 0.6) is 0 Å². The Labute approximate surface area is 90.0 Å². The first-order chi connectivity index (χ1) is 3.63. The van der Waals surface area contributed by atoms with Gasteiger partial charge in [-0.15, -0.1) is 0 Å². The van der Waals surface area contributed by atoms with Crippen molar-refractivity contribution in [1.82, 2.24) is 0 Å². The quantitative estimate of drug-likeness (QED) is 0.467. The molecule has 0 bridgehead atoms. The van der Waals surface area contributed by atoms with E-state index in [-0.39, 0.29) is 48.9 Å². The van der Waals surface area contributed by atoms with E-state index in [1.54, 1.807) is 0 Å². The summed E-state index contributed by atoms with van der Waals surface area (Å²) in [5.74, 6) is 0. The summed E-state index contributed by atoms with van der Waals surface area (Å²) < 4.78 is 0. The zero-order valence-electron chi connectivity index (χ0n) is 3.61. The molecular weight excluding hydrogens is 253 g/mol. The monoisotopic (exact) mass is 258 g/mol. The zero-order chi connectivity index (χ0) is 6.57. The molecule has 0 atom stereocenters. The Kier molecular flexibility index (Phi) is 8.21. The molecule has 0 fully saturated rings. The van der Waals surface area contributed by atoms with Crippen LogP contribution in [0, 0.1) is 0 Å². The van der Waals surface area contributed by atoms with Crippen LogP contribution in [-0.4, -0.2) is 71.3 Å². The third kappa shape index (κ3) is 11.6. The van der Waals surface area contributed by atoms with E-state index in [9.17, 15) is 9.59 Å². The van der Waals surface area contributed by atoms with Gasteiger partial charge in [0.1, 0.15) is 0 Å². The fourth-order valence-electron chi connectivity index (χ4n) is 0.0855. The second-order valence-electron chi connectivity index (χ2n) is 0.765. The predicted molar refractivity (Wildman–Crippen MR) is 29.4 cm³/mol. The number of azo groups is 1. The van der Waals surface area contributed by atoms with Crippen molar-refractivity contribution in [3.63, 3.8) is 0 Å². The Bertz CT molecular complexity index is 128. The molecule has 0 aliphatic rings. The molecule has 0 aliphatic heterocycles. The molecule has 0 aromatic heterocycles. The summed E-state index contributed by atoms with van der Waals surface area (Å²) in [7, 11) is 0.